The molecule has 1 saturated heterocycles. The molecule has 1 fully saturated rings. The van der Waals surface area contributed by atoms with E-state index in [0.29, 0.717) is 18.1 Å². The summed E-state index contributed by atoms with van der Waals surface area (Å²) in [4.78, 5) is 0. The maximum absolute atomic E-state index is 11.3. The first-order valence-electron chi connectivity index (χ1n) is 6.35. The van der Waals surface area contributed by atoms with Crippen molar-refractivity contribution in [1.29, 1.82) is 0 Å². The number of hydrogen-bond donors (Lipinski definition) is 1. The number of hydrogen-bond acceptors (Lipinski definition) is 4. The molecule has 1 aromatic carbocycles. The van der Waals surface area contributed by atoms with Gasteiger partial charge in [0, 0.05) is 11.0 Å². The molecule has 0 spiro atoms. The summed E-state index contributed by atoms with van der Waals surface area (Å²) in [5, 5.41) is 3.25. The van der Waals surface area contributed by atoms with Crippen molar-refractivity contribution in [1.82, 2.24) is 5.32 Å². The van der Waals surface area contributed by atoms with Gasteiger partial charge in [0.25, 0.3) is 0 Å². The number of sulfone groups is 1. The molecule has 4 nitrogen and oxygen atoms in total. The Balaban J connectivity index is 1.60. The highest BCUT2D eigenvalue weighted by Gasteiger charge is 2.27. The number of benzene rings is 1. The fourth-order valence-electron chi connectivity index (χ4n) is 2.14. The van der Waals surface area contributed by atoms with Crippen LogP contribution in [-0.2, 0) is 9.84 Å². The molecule has 1 heterocycles. The molecule has 1 aliphatic rings. The Morgan fingerprint density at radius 2 is 2.26 bits per heavy atom. The molecule has 1 atom stereocenters. The molecule has 2 rings (SSSR count). The molecule has 0 aromatic heterocycles. The third-order valence-electron chi connectivity index (χ3n) is 3.10. The van der Waals surface area contributed by atoms with E-state index in [0.717, 1.165) is 29.7 Å². The van der Waals surface area contributed by atoms with Crippen LogP contribution in [0.15, 0.2) is 28.7 Å². The molecule has 6 heteroatoms. The van der Waals surface area contributed by atoms with Gasteiger partial charge in [0.05, 0.1) is 11.5 Å². The van der Waals surface area contributed by atoms with Gasteiger partial charge in [0.2, 0.25) is 0 Å². The Bertz CT molecular complexity index is 518. The summed E-state index contributed by atoms with van der Waals surface area (Å²) in [5.74, 6) is 1.76. The lowest BCUT2D eigenvalue weighted by atomic mass is 10.1. The highest BCUT2D eigenvalue weighted by atomic mass is 79.9. The van der Waals surface area contributed by atoms with E-state index >= 15 is 0 Å². The Labute approximate surface area is 122 Å². The van der Waals surface area contributed by atoms with Crippen molar-refractivity contribution < 1.29 is 13.2 Å². The molecule has 1 N–H and O–H groups in total. The van der Waals surface area contributed by atoms with Crippen molar-refractivity contribution in [2.45, 2.75) is 6.42 Å². The van der Waals surface area contributed by atoms with Crippen LogP contribution in [0.3, 0.4) is 0 Å². The monoisotopic (exact) mass is 347 g/mol. The number of nitrogens with one attached hydrogen (secondary N) is 1. The third kappa shape index (κ3) is 5.12. The maximum atomic E-state index is 11.3. The van der Waals surface area contributed by atoms with Gasteiger partial charge in [0.15, 0.2) is 9.84 Å². The maximum Gasteiger partial charge on any atom is 0.150 e. The van der Waals surface area contributed by atoms with Gasteiger partial charge in [0.1, 0.15) is 12.4 Å². The number of ether oxygens (including phenoxy) is 1. The molecule has 1 unspecified atom stereocenters. The Kier molecular flexibility index (Phi) is 5.24. The molecule has 0 amide bonds. The second-order valence-electron chi connectivity index (χ2n) is 4.78. The summed E-state index contributed by atoms with van der Waals surface area (Å²) in [6.45, 7) is 2.06. The van der Waals surface area contributed by atoms with Crippen LogP contribution in [0.5, 0.6) is 5.75 Å². The topological polar surface area (TPSA) is 55.4 Å². The van der Waals surface area contributed by atoms with E-state index in [1.165, 1.54) is 0 Å². The first-order chi connectivity index (χ1) is 9.05. The Morgan fingerprint density at radius 3 is 2.95 bits per heavy atom. The fraction of sp³-hybridized carbons (Fsp3) is 0.538. The van der Waals surface area contributed by atoms with E-state index in [-0.39, 0.29) is 5.92 Å². The van der Waals surface area contributed by atoms with Crippen molar-refractivity contribution in [3.8, 4) is 5.75 Å². The zero-order valence-corrected chi connectivity index (χ0v) is 13.0. The quantitative estimate of drug-likeness (QED) is 0.798. The number of halogens is 1. The van der Waals surface area contributed by atoms with Crippen molar-refractivity contribution >= 4 is 25.8 Å². The van der Waals surface area contributed by atoms with Gasteiger partial charge in [-0.1, -0.05) is 22.0 Å². The highest BCUT2D eigenvalue weighted by molar-refractivity contribution is 9.10. The van der Waals surface area contributed by atoms with Gasteiger partial charge in [-0.2, -0.15) is 0 Å². The zero-order chi connectivity index (χ0) is 13.7. The Morgan fingerprint density at radius 1 is 1.42 bits per heavy atom. The van der Waals surface area contributed by atoms with Crippen LogP contribution in [-0.4, -0.2) is 39.6 Å². The van der Waals surface area contributed by atoms with Crippen LogP contribution in [0.1, 0.15) is 6.42 Å². The molecule has 0 saturated carbocycles. The van der Waals surface area contributed by atoms with E-state index in [1.54, 1.807) is 0 Å². The molecular formula is C13H18BrNO3S. The zero-order valence-electron chi connectivity index (χ0n) is 10.6. The molecule has 0 bridgehead atoms. The lowest BCUT2D eigenvalue weighted by molar-refractivity contribution is 0.310. The van der Waals surface area contributed by atoms with Crippen molar-refractivity contribution in [2.24, 2.45) is 5.92 Å². The SMILES string of the molecule is O=S1(=O)CCC(CNCCOc2cccc(Br)c2)C1. The second-order valence-corrected chi connectivity index (χ2v) is 7.92. The first-order valence-corrected chi connectivity index (χ1v) is 8.96. The number of rotatable bonds is 6. The minimum absolute atomic E-state index is 0.260. The van der Waals surface area contributed by atoms with Crippen LogP contribution >= 0.6 is 15.9 Å². The first kappa shape index (κ1) is 14.8. The summed E-state index contributed by atoms with van der Waals surface area (Å²) in [6.07, 6.45) is 0.780. The minimum Gasteiger partial charge on any atom is -0.492 e. The average molecular weight is 348 g/mol. The fourth-order valence-corrected chi connectivity index (χ4v) is 4.38. The smallest absolute Gasteiger partial charge is 0.150 e. The van der Waals surface area contributed by atoms with Gasteiger partial charge in [-0.3, -0.25) is 0 Å². The summed E-state index contributed by atoms with van der Waals surface area (Å²) in [7, 11) is -2.76. The van der Waals surface area contributed by atoms with E-state index in [2.05, 4.69) is 21.2 Å². The average Bonchev–Trinajstić information content (AvgIpc) is 2.69. The second kappa shape index (κ2) is 6.72. The van der Waals surface area contributed by atoms with Gasteiger partial charge in [-0.25, -0.2) is 8.42 Å². The van der Waals surface area contributed by atoms with E-state index in [4.69, 9.17) is 4.74 Å². The van der Waals surface area contributed by atoms with Gasteiger partial charge in [-0.05, 0) is 37.1 Å². The van der Waals surface area contributed by atoms with Crippen LogP contribution < -0.4 is 10.1 Å². The summed E-state index contributed by atoms with van der Waals surface area (Å²) in [5.41, 5.74) is 0. The van der Waals surface area contributed by atoms with E-state index in [1.807, 2.05) is 24.3 Å². The predicted octanol–water partition coefficient (Wildman–Crippen LogP) is 1.85. The van der Waals surface area contributed by atoms with Gasteiger partial charge >= 0.3 is 0 Å². The highest BCUT2D eigenvalue weighted by Crippen LogP contribution is 2.18. The van der Waals surface area contributed by atoms with Crippen LogP contribution in [0.25, 0.3) is 0 Å². The van der Waals surface area contributed by atoms with Gasteiger partial charge < -0.3 is 10.1 Å². The van der Waals surface area contributed by atoms with Crippen molar-refractivity contribution in [3.63, 3.8) is 0 Å². The third-order valence-corrected chi connectivity index (χ3v) is 5.43. The standard InChI is InChI=1S/C13H18BrNO3S/c14-12-2-1-3-13(8-12)18-6-5-15-9-11-4-7-19(16,17)10-11/h1-3,8,11,15H,4-7,9-10H2. The van der Waals surface area contributed by atoms with E-state index in [9.17, 15) is 8.42 Å². The molecule has 1 aliphatic heterocycles. The normalized spacial score (nSPS) is 21.4. The summed E-state index contributed by atoms with van der Waals surface area (Å²) < 4.78 is 29.2. The van der Waals surface area contributed by atoms with Crippen LogP contribution in [0, 0.1) is 5.92 Å². The van der Waals surface area contributed by atoms with Crippen LogP contribution in [0.4, 0.5) is 0 Å². The van der Waals surface area contributed by atoms with Crippen molar-refractivity contribution in [2.75, 3.05) is 31.2 Å². The molecule has 0 aliphatic carbocycles. The lowest BCUT2D eigenvalue weighted by Gasteiger charge is -2.10. The molecule has 1 aromatic rings. The molecule has 19 heavy (non-hydrogen) atoms. The lowest BCUT2D eigenvalue weighted by Crippen LogP contribution is -2.27. The summed E-state index contributed by atoms with van der Waals surface area (Å²) >= 11 is 3.39. The van der Waals surface area contributed by atoms with Crippen molar-refractivity contribution in [3.05, 3.63) is 28.7 Å². The predicted molar refractivity (Wildman–Crippen MR) is 79.3 cm³/mol. The molecule has 0 radical (unpaired) electrons. The van der Waals surface area contributed by atoms with Crippen LogP contribution in [0.2, 0.25) is 0 Å². The van der Waals surface area contributed by atoms with E-state index < -0.39 is 9.84 Å². The molecule has 106 valence electrons. The largest absolute Gasteiger partial charge is 0.492 e. The minimum atomic E-state index is -2.76. The summed E-state index contributed by atoms with van der Waals surface area (Å²) in [6, 6.07) is 7.71. The van der Waals surface area contributed by atoms with Gasteiger partial charge in [-0.15, -0.1) is 0 Å². The Hall–Kier alpha value is -0.590. The molecular weight excluding hydrogens is 330 g/mol.